The lowest BCUT2D eigenvalue weighted by Crippen LogP contribution is -1.86. The van der Waals surface area contributed by atoms with E-state index in [0.717, 1.165) is 0 Å². The highest BCUT2D eigenvalue weighted by molar-refractivity contribution is 6.30. The Kier molecular flexibility index (Phi) is 1.35. The molecule has 0 N–H and O–H groups in total. The van der Waals surface area contributed by atoms with Gasteiger partial charge in [-0.05, 0) is 6.07 Å². The van der Waals surface area contributed by atoms with Gasteiger partial charge in [0.05, 0.1) is 5.02 Å². The van der Waals surface area contributed by atoms with Crippen molar-refractivity contribution in [3.05, 3.63) is 23.5 Å². The van der Waals surface area contributed by atoms with Crippen molar-refractivity contribution in [1.82, 2.24) is 4.57 Å². The first-order chi connectivity index (χ1) is 3.83. The quantitative estimate of drug-likeness (QED) is 0.522. The van der Waals surface area contributed by atoms with Gasteiger partial charge < -0.3 is 0 Å². The summed E-state index contributed by atoms with van der Waals surface area (Å²) in [4.78, 5) is 9.92. The lowest BCUT2D eigenvalue weighted by molar-refractivity contribution is 0.547. The molecule has 0 saturated carbocycles. The molecule has 2 nitrogen and oxygen atoms in total. The summed E-state index contributed by atoms with van der Waals surface area (Å²) in [6.07, 6.45) is 3.82. The molecule has 0 saturated heterocycles. The van der Waals surface area contributed by atoms with Crippen molar-refractivity contribution in [2.75, 3.05) is 0 Å². The maximum absolute atomic E-state index is 9.92. The van der Waals surface area contributed by atoms with Crippen LogP contribution in [0.15, 0.2) is 18.5 Å². The lowest BCUT2D eigenvalue weighted by atomic mass is 10.7. The van der Waals surface area contributed by atoms with Gasteiger partial charge in [-0.1, -0.05) is 11.6 Å². The summed E-state index contributed by atoms with van der Waals surface area (Å²) < 4.78 is 1.35. The Morgan fingerprint density at radius 3 is 2.75 bits per heavy atom. The predicted molar refractivity (Wildman–Crippen MR) is 31.6 cm³/mol. The molecule has 3 heteroatoms. The van der Waals surface area contributed by atoms with Gasteiger partial charge in [0.15, 0.2) is 0 Å². The van der Waals surface area contributed by atoms with E-state index in [1.54, 1.807) is 12.3 Å². The summed E-state index contributed by atoms with van der Waals surface area (Å²) in [5, 5.41) is 0.581. The largest absolute Gasteiger partial charge is 0.296 e. The average Bonchev–Trinajstić information content (AvgIpc) is 2.14. The molecule has 1 aromatic rings. The third kappa shape index (κ3) is 0.898. The predicted octanol–water partition coefficient (Wildman–Crippen LogP) is 1.18. The van der Waals surface area contributed by atoms with Gasteiger partial charge in [-0.15, -0.1) is 0 Å². The second-order valence-corrected chi connectivity index (χ2v) is 1.82. The standard InChI is InChI=1S/C5H4ClNO/c6-5-1-2-7(3-5)4-8/h1-4H. The van der Waals surface area contributed by atoms with E-state index in [-0.39, 0.29) is 0 Å². The fraction of sp³-hybridized carbons (Fsp3) is 0. The topological polar surface area (TPSA) is 22.0 Å². The summed E-state index contributed by atoms with van der Waals surface area (Å²) in [5.41, 5.74) is 0. The van der Waals surface area contributed by atoms with E-state index in [1.807, 2.05) is 0 Å². The molecular weight excluding hydrogens is 126 g/mol. The highest BCUT2D eigenvalue weighted by Crippen LogP contribution is 2.05. The van der Waals surface area contributed by atoms with Gasteiger partial charge in [-0.25, -0.2) is 0 Å². The van der Waals surface area contributed by atoms with E-state index in [0.29, 0.717) is 11.4 Å². The fourth-order valence-electron chi connectivity index (χ4n) is 0.451. The van der Waals surface area contributed by atoms with Gasteiger partial charge in [0.1, 0.15) is 0 Å². The third-order valence-electron chi connectivity index (χ3n) is 0.800. The molecule has 1 aromatic heterocycles. The summed E-state index contributed by atoms with van der Waals surface area (Å²) in [5.74, 6) is 0. The van der Waals surface area contributed by atoms with Crippen LogP contribution in [0.5, 0.6) is 0 Å². The first kappa shape index (κ1) is 5.38. The molecule has 0 aliphatic heterocycles. The van der Waals surface area contributed by atoms with E-state index in [1.165, 1.54) is 10.8 Å². The first-order valence-electron chi connectivity index (χ1n) is 2.11. The van der Waals surface area contributed by atoms with E-state index < -0.39 is 0 Å². The van der Waals surface area contributed by atoms with E-state index in [2.05, 4.69) is 0 Å². The van der Waals surface area contributed by atoms with Crippen molar-refractivity contribution in [3.8, 4) is 0 Å². The van der Waals surface area contributed by atoms with Gasteiger partial charge in [0.2, 0.25) is 6.41 Å². The zero-order chi connectivity index (χ0) is 5.98. The van der Waals surface area contributed by atoms with Crippen molar-refractivity contribution in [3.63, 3.8) is 0 Å². The third-order valence-corrected chi connectivity index (χ3v) is 1.02. The second kappa shape index (κ2) is 2.01. The summed E-state index contributed by atoms with van der Waals surface area (Å²) >= 11 is 5.46. The molecule has 0 aliphatic carbocycles. The van der Waals surface area contributed by atoms with Gasteiger partial charge in [0.25, 0.3) is 0 Å². The summed E-state index contributed by atoms with van der Waals surface area (Å²) in [6, 6.07) is 1.65. The fourth-order valence-corrected chi connectivity index (χ4v) is 0.620. The maximum Gasteiger partial charge on any atom is 0.217 e. The Hall–Kier alpha value is -0.760. The molecule has 42 valence electrons. The van der Waals surface area contributed by atoms with Crippen molar-refractivity contribution in [1.29, 1.82) is 0 Å². The highest BCUT2D eigenvalue weighted by atomic mass is 35.5. The van der Waals surface area contributed by atoms with Gasteiger partial charge in [-0.3, -0.25) is 9.36 Å². The van der Waals surface area contributed by atoms with Crippen molar-refractivity contribution in [2.24, 2.45) is 0 Å². The second-order valence-electron chi connectivity index (χ2n) is 1.38. The van der Waals surface area contributed by atoms with Crippen LogP contribution in [0.4, 0.5) is 0 Å². The van der Waals surface area contributed by atoms with Crippen LogP contribution in [0.25, 0.3) is 0 Å². The molecule has 0 spiro atoms. The molecular formula is C5H4ClNO. The molecule has 0 unspecified atom stereocenters. The van der Waals surface area contributed by atoms with Crippen LogP contribution < -0.4 is 0 Å². The smallest absolute Gasteiger partial charge is 0.217 e. The number of hydrogen-bond acceptors (Lipinski definition) is 1. The number of nitrogens with zero attached hydrogens (tertiary/aromatic N) is 1. The van der Waals surface area contributed by atoms with Gasteiger partial charge >= 0.3 is 0 Å². The Labute approximate surface area is 51.7 Å². The van der Waals surface area contributed by atoms with Crippen LogP contribution in [0.2, 0.25) is 5.02 Å². The minimum atomic E-state index is 0.581. The zero-order valence-electron chi connectivity index (χ0n) is 4.04. The molecule has 0 radical (unpaired) electrons. The summed E-state index contributed by atoms with van der Waals surface area (Å²) in [7, 11) is 0. The Morgan fingerprint density at radius 1 is 1.75 bits per heavy atom. The minimum absolute atomic E-state index is 0.581. The van der Waals surface area contributed by atoms with Crippen molar-refractivity contribution >= 4 is 18.0 Å². The van der Waals surface area contributed by atoms with Crippen molar-refractivity contribution in [2.45, 2.75) is 0 Å². The van der Waals surface area contributed by atoms with E-state index in [4.69, 9.17) is 11.6 Å². The van der Waals surface area contributed by atoms with Gasteiger partial charge in [0, 0.05) is 12.4 Å². The molecule has 0 amide bonds. The summed E-state index contributed by atoms with van der Waals surface area (Å²) in [6.45, 7) is 0. The van der Waals surface area contributed by atoms with Crippen LogP contribution in [0, 0.1) is 0 Å². The number of rotatable bonds is 1. The van der Waals surface area contributed by atoms with E-state index >= 15 is 0 Å². The first-order valence-corrected chi connectivity index (χ1v) is 2.49. The van der Waals surface area contributed by atoms with E-state index in [9.17, 15) is 4.79 Å². The van der Waals surface area contributed by atoms with Crippen LogP contribution >= 0.6 is 11.6 Å². The number of carbonyl (C=O) groups excluding carboxylic acids is 1. The molecule has 1 heterocycles. The highest BCUT2D eigenvalue weighted by Gasteiger charge is 1.87. The van der Waals surface area contributed by atoms with Crippen LogP contribution in [0.3, 0.4) is 0 Å². The van der Waals surface area contributed by atoms with Crippen LogP contribution in [-0.4, -0.2) is 11.0 Å². The molecule has 0 fully saturated rings. The average molecular weight is 130 g/mol. The Balaban J connectivity index is 3.00. The minimum Gasteiger partial charge on any atom is -0.296 e. The molecule has 0 aliphatic rings. The van der Waals surface area contributed by atoms with Crippen LogP contribution in [0.1, 0.15) is 0 Å². The molecule has 1 rings (SSSR count). The number of aromatic nitrogens is 1. The normalized spacial score (nSPS) is 9.12. The van der Waals surface area contributed by atoms with Crippen LogP contribution in [-0.2, 0) is 4.79 Å². The molecule has 0 atom stereocenters. The number of hydrogen-bond donors (Lipinski definition) is 0. The van der Waals surface area contributed by atoms with Gasteiger partial charge in [-0.2, -0.15) is 0 Å². The Bertz CT molecular complexity index is 194. The maximum atomic E-state index is 9.92. The zero-order valence-corrected chi connectivity index (χ0v) is 4.80. The number of carbonyl (C=O) groups is 1. The molecule has 0 bridgehead atoms. The lowest BCUT2D eigenvalue weighted by Gasteiger charge is -1.78. The number of halogens is 1. The molecule has 8 heavy (non-hydrogen) atoms. The Morgan fingerprint density at radius 2 is 2.50 bits per heavy atom. The monoisotopic (exact) mass is 129 g/mol. The van der Waals surface area contributed by atoms with Crippen molar-refractivity contribution < 1.29 is 4.79 Å². The SMILES string of the molecule is O=Cn1ccc(Cl)c1. The molecule has 0 aromatic carbocycles.